The third-order valence-corrected chi connectivity index (χ3v) is 3.83. The molecule has 2 rings (SSSR count). The Bertz CT molecular complexity index is 374. The van der Waals surface area contributed by atoms with E-state index in [9.17, 15) is 0 Å². The Morgan fingerprint density at radius 3 is 2.79 bits per heavy atom. The molecular formula is C14H23ClN4. The van der Waals surface area contributed by atoms with E-state index in [1.165, 1.54) is 19.3 Å². The topological polar surface area (TPSA) is 41.1 Å². The smallest absolute Gasteiger partial charge is 0.147 e. The van der Waals surface area contributed by atoms with E-state index in [0.717, 1.165) is 25.3 Å². The Labute approximate surface area is 120 Å². The molecule has 0 amide bonds. The van der Waals surface area contributed by atoms with Gasteiger partial charge in [0, 0.05) is 25.2 Å². The molecule has 1 N–H and O–H groups in total. The van der Waals surface area contributed by atoms with Gasteiger partial charge in [0.15, 0.2) is 0 Å². The summed E-state index contributed by atoms with van der Waals surface area (Å²) < 4.78 is 0. The normalized spacial score (nSPS) is 20.2. The highest BCUT2D eigenvalue weighted by Crippen LogP contribution is 2.13. The summed E-state index contributed by atoms with van der Waals surface area (Å²) in [6.07, 6.45) is 7.31. The monoisotopic (exact) mass is 282 g/mol. The molecule has 4 nitrogen and oxygen atoms in total. The van der Waals surface area contributed by atoms with Crippen LogP contribution in [0.5, 0.6) is 0 Å². The van der Waals surface area contributed by atoms with E-state index in [2.05, 4.69) is 34.0 Å². The van der Waals surface area contributed by atoms with Crippen LogP contribution >= 0.6 is 11.6 Å². The highest BCUT2D eigenvalue weighted by molar-refractivity contribution is 6.29. The van der Waals surface area contributed by atoms with Crippen LogP contribution in [0, 0.1) is 0 Å². The zero-order valence-electron chi connectivity index (χ0n) is 11.8. The quantitative estimate of drug-likeness (QED) is 0.901. The molecule has 1 saturated heterocycles. The molecule has 0 aromatic carbocycles. The van der Waals surface area contributed by atoms with Gasteiger partial charge in [-0.1, -0.05) is 18.0 Å². The highest BCUT2D eigenvalue weighted by Gasteiger charge is 2.19. The van der Waals surface area contributed by atoms with Crippen LogP contribution in [0.3, 0.4) is 0 Å². The number of halogens is 1. The Balaban J connectivity index is 1.93. The van der Waals surface area contributed by atoms with Crippen LogP contribution in [0.4, 0.5) is 0 Å². The molecule has 1 aromatic rings. The van der Waals surface area contributed by atoms with E-state index in [0.29, 0.717) is 17.2 Å². The van der Waals surface area contributed by atoms with Crippen molar-refractivity contribution in [3.8, 4) is 0 Å². The minimum absolute atomic E-state index is 0.453. The number of piperidine rings is 1. The number of hydrogen-bond donors (Lipinski definition) is 1. The molecule has 2 heterocycles. The van der Waals surface area contributed by atoms with Crippen molar-refractivity contribution in [1.29, 1.82) is 0 Å². The van der Waals surface area contributed by atoms with Crippen LogP contribution in [0.25, 0.3) is 0 Å². The first-order valence-corrected chi connectivity index (χ1v) is 7.47. The minimum atomic E-state index is 0.453. The lowest BCUT2D eigenvalue weighted by atomic mass is 10.0. The first-order chi connectivity index (χ1) is 9.15. The zero-order valence-corrected chi connectivity index (χ0v) is 12.5. The Morgan fingerprint density at radius 1 is 1.37 bits per heavy atom. The second kappa shape index (κ2) is 7.17. The van der Waals surface area contributed by atoms with Crippen molar-refractivity contribution in [2.75, 3.05) is 13.1 Å². The van der Waals surface area contributed by atoms with E-state index in [4.69, 9.17) is 11.6 Å². The summed E-state index contributed by atoms with van der Waals surface area (Å²) in [4.78, 5) is 10.9. The number of aromatic nitrogens is 2. The SMILES string of the molecule is CC(C)N(Cc1cnc(Cl)cn1)CC1CCCCN1. The maximum Gasteiger partial charge on any atom is 0.147 e. The van der Waals surface area contributed by atoms with Crippen LogP contribution in [0.15, 0.2) is 12.4 Å². The summed E-state index contributed by atoms with van der Waals surface area (Å²) >= 11 is 5.77. The van der Waals surface area contributed by atoms with Gasteiger partial charge in [-0.15, -0.1) is 0 Å². The summed E-state index contributed by atoms with van der Waals surface area (Å²) in [5.74, 6) is 0. The molecule has 0 radical (unpaired) electrons. The summed E-state index contributed by atoms with van der Waals surface area (Å²) in [6, 6.07) is 1.11. The molecule has 19 heavy (non-hydrogen) atoms. The second-order valence-electron chi connectivity index (χ2n) is 5.50. The zero-order chi connectivity index (χ0) is 13.7. The van der Waals surface area contributed by atoms with Crippen molar-refractivity contribution in [3.63, 3.8) is 0 Å². The van der Waals surface area contributed by atoms with E-state index in [1.54, 1.807) is 12.4 Å². The van der Waals surface area contributed by atoms with E-state index >= 15 is 0 Å². The van der Waals surface area contributed by atoms with E-state index in [-0.39, 0.29) is 0 Å². The average Bonchev–Trinajstić information content (AvgIpc) is 2.41. The minimum Gasteiger partial charge on any atom is -0.313 e. The number of nitrogens with one attached hydrogen (secondary N) is 1. The molecule has 0 aliphatic carbocycles. The lowest BCUT2D eigenvalue weighted by Gasteiger charge is -2.32. The van der Waals surface area contributed by atoms with Crippen LogP contribution in [-0.2, 0) is 6.54 Å². The van der Waals surface area contributed by atoms with Crippen molar-refractivity contribution in [2.24, 2.45) is 0 Å². The van der Waals surface area contributed by atoms with Gasteiger partial charge >= 0.3 is 0 Å². The van der Waals surface area contributed by atoms with Gasteiger partial charge in [-0.3, -0.25) is 9.88 Å². The molecule has 1 unspecified atom stereocenters. The molecular weight excluding hydrogens is 260 g/mol. The van der Waals surface area contributed by atoms with Crippen molar-refractivity contribution < 1.29 is 0 Å². The number of rotatable bonds is 5. The molecule has 1 aliphatic heterocycles. The van der Waals surface area contributed by atoms with Gasteiger partial charge < -0.3 is 5.32 Å². The predicted octanol–water partition coefficient (Wildman–Crippen LogP) is 2.48. The fourth-order valence-electron chi connectivity index (χ4n) is 2.45. The standard InChI is InChI=1S/C14H23ClN4/c1-11(2)19(9-12-5-3-4-6-16-12)10-13-7-18-14(15)8-17-13/h7-8,11-12,16H,3-6,9-10H2,1-2H3. The fraction of sp³-hybridized carbons (Fsp3) is 0.714. The summed E-state index contributed by atoms with van der Waals surface area (Å²) in [6.45, 7) is 7.51. The van der Waals surface area contributed by atoms with E-state index in [1.807, 2.05) is 0 Å². The Morgan fingerprint density at radius 2 is 2.21 bits per heavy atom. The molecule has 0 spiro atoms. The van der Waals surface area contributed by atoms with Gasteiger partial charge in [0.1, 0.15) is 5.15 Å². The molecule has 106 valence electrons. The van der Waals surface area contributed by atoms with Crippen molar-refractivity contribution in [1.82, 2.24) is 20.2 Å². The van der Waals surface area contributed by atoms with Crippen molar-refractivity contribution >= 4 is 11.6 Å². The van der Waals surface area contributed by atoms with E-state index < -0.39 is 0 Å². The third-order valence-electron chi connectivity index (χ3n) is 3.64. The number of hydrogen-bond acceptors (Lipinski definition) is 4. The molecule has 1 aromatic heterocycles. The maximum absolute atomic E-state index is 5.77. The lowest BCUT2D eigenvalue weighted by molar-refractivity contribution is 0.175. The van der Waals surface area contributed by atoms with Gasteiger partial charge in [0.05, 0.1) is 18.1 Å². The maximum atomic E-state index is 5.77. The van der Waals surface area contributed by atoms with Crippen molar-refractivity contribution in [3.05, 3.63) is 23.2 Å². The van der Waals surface area contributed by atoms with Crippen LogP contribution in [-0.4, -0.2) is 40.0 Å². The van der Waals surface area contributed by atoms with Gasteiger partial charge in [0.2, 0.25) is 0 Å². The van der Waals surface area contributed by atoms with Gasteiger partial charge in [-0.05, 0) is 33.2 Å². The summed E-state index contributed by atoms with van der Waals surface area (Å²) in [5, 5.41) is 4.05. The third kappa shape index (κ3) is 4.71. The van der Waals surface area contributed by atoms with Gasteiger partial charge in [-0.2, -0.15) is 0 Å². The first kappa shape index (κ1) is 14.7. The highest BCUT2D eigenvalue weighted by atomic mass is 35.5. The van der Waals surface area contributed by atoms with Gasteiger partial charge in [-0.25, -0.2) is 4.98 Å². The number of nitrogens with zero attached hydrogens (tertiary/aromatic N) is 3. The fourth-order valence-corrected chi connectivity index (χ4v) is 2.55. The Hall–Kier alpha value is -0.710. The van der Waals surface area contributed by atoms with Crippen molar-refractivity contribution in [2.45, 2.75) is 51.7 Å². The predicted molar refractivity (Wildman–Crippen MR) is 78.2 cm³/mol. The lowest BCUT2D eigenvalue weighted by Crippen LogP contribution is -2.45. The van der Waals surface area contributed by atoms with Gasteiger partial charge in [0.25, 0.3) is 0 Å². The molecule has 1 fully saturated rings. The van der Waals surface area contributed by atoms with Crippen LogP contribution in [0.2, 0.25) is 5.15 Å². The first-order valence-electron chi connectivity index (χ1n) is 7.09. The molecule has 0 bridgehead atoms. The Kier molecular flexibility index (Phi) is 5.55. The summed E-state index contributed by atoms with van der Waals surface area (Å²) in [7, 11) is 0. The second-order valence-corrected chi connectivity index (χ2v) is 5.89. The molecule has 0 saturated carbocycles. The molecule has 5 heteroatoms. The summed E-state index contributed by atoms with van der Waals surface area (Å²) in [5.41, 5.74) is 0.980. The molecule has 1 aliphatic rings. The molecule has 1 atom stereocenters. The average molecular weight is 283 g/mol. The van der Waals surface area contributed by atoms with Crippen LogP contribution in [0.1, 0.15) is 38.8 Å². The largest absolute Gasteiger partial charge is 0.313 e. The van der Waals surface area contributed by atoms with Crippen LogP contribution < -0.4 is 5.32 Å².